The summed E-state index contributed by atoms with van der Waals surface area (Å²) in [5, 5.41) is 8.56. The Morgan fingerprint density at radius 1 is 1.33 bits per heavy atom. The number of fused-ring (bicyclic) bond motifs is 2. The number of ether oxygens (including phenoxy) is 1. The number of nitrogens with zero attached hydrogens (tertiary/aromatic N) is 6. The van der Waals surface area contributed by atoms with Crippen molar-refractivity contribution in [3.05, 3.63) is 43.5 Å². The predicted molar refractivity (Wildman–Crippen MR) is 98.0 cm³/mol. The number of carbonyl (C=O) groups is 1. The molecule has 8 nitrogen and oxygen atoms in total. The van der Waals surface area contributed by atoms with E-state index < -0.39 is 0 Å². The summed E-state index contributed by atoms with van der Waals surface area (Å²) in [6, 6.07) is 2.15. The number of hydrogen-bond acceptors (Lipinski definition) is 5. The van der Waals surface area contributed by atoms with E-state index >= 15 is 0 Å². The zero-order chi connectivity index (χ0) is 18.5. The third-order valence-corrected chi connectivity index (χ3v) is 5.54. The van der Waals surface area contributed by atoms with Crippen LogP contribution in [0, 0.1) is 5.92 Å². The summed E-state index contributed by atoms with van der Waals surface area (Å²) in [7, 11) is 1.87. The van der Waals surface area contributed by atoms with Crippen LogP contribution in [-0.2, 0) is 11.8 Å². The van der Waals surface area contributed by atoms with Gasteiger partial charge in [0.1, 0.15) is 11.6 Å². The third kappa shape index (κ3) is 2.59. The molecule has 0 spiro atoms. The van der Waals surface area contributed by atoms with Gasteiger partial charge in [-0.2, -0.15) is 10.2 Å². The van der Waals surface area contributed by atoms with Gasteiger partial charge in [0.05, 0.1) is 24.3 Å². The van der Waals surface area contributed by atoms with Gasteiger partial charge in [-0.1, -0.05) is 6.58 Å². The first kappa shape index (κ1) is 16.0. The van der Waals surface area contributed by atoms with Gasteiger partial charge in [0, 0.05) is 43.7 Å². The molecule has 1 aliphatic heterocycles. The van der Waals surface area contributed by atoms with Gasteiger partial charge in [-0.05, 0) is 18.6 Å². The fraction of sp³-hybridized carbons (Fsp3) is 0.368. The maximum atomic E-state index is 11.9. The quantitative estimate of drug-likeness (QED) is 0.659. The second-order valence-corrected chi connectivity index (χ2v) is 7.23. The molecule has 2 aliphatic rings. The minimum Gasteiger partial charge on any atom is -0.473 e. The van der Waals surface area contributed by atoms with Crippen molar-refractivity contribution in [2.75, 3.05) is 6.54 Å². The molecule has 2 fully saturated rings. The number of aryl methyl sites for hydroxylation is 1. The molecule has 3 aromatic heterocycles. The summed E-state index contributed by atoms with van der Waals surface area (Å²) < 4.78 is 9.82. The second kappa shape index (κ2) is 5.94. The van der Waals surface area contributed by atoms with Crippen LogP contribution in [0.3, 0.4) is 0 Å². The topological polar surface area (TPSA) is 77.6 Å². The molecule has 1 aliphatic carbocycles. The van der Waals surface area contributed by atoms with Gasteiger partial charge in [0.25, 0.3) is 0 Å². The van der Waals surface area contributed by atoms with Crippen molar-refractivity contribution < 1.29 is 9.53 Å². The Hall–Kier alpha value is -3.16. The molecule has 3 aromatic rings. The molecule has 138 valence electrons. The van der Waals surface area contributed by atoms with E-state index in [1.807, 2.05) is 30.4 Å². The molecule has 1 amide bonds. The van der Waals surface area contributed by atoms with Crippen molar-refractivity contribution in [1.82, 2.24) is 29.3 Å². The summed E-state index contributed by atoms with van der Waals surface area (Å²) in [5.74, 6) is 1.08. The standard InChI is InChI=1S/C19H20N6O2/c1-3-18(26)24-10-12-6-14(7-17(12)24)27-19-16-4-5-20-25(16)11-15(22-19)13-8-21-23(2)9-13/h3-5,8-9,11-12,14,17H,1,6-7,10H2,2H3/t12-,14+,17-/m0/s1. The van der Waals surface area contributed by atoms with E-state index in [4.69, 9.17) is 9.72 Å². The number of rotatable bonds is 4. The lowest BCUT2D eigenvalue weighted by Crippen LogP contribution is -2.55. The van der Waals surface area contributed by atoms with Crippen LogP contribution in [0.2, 0.25) is 0 Å². The average Bonchev–Trinajstić information content (AvgIpc) is 3.36. The maximum Gasteiger partial charge on any atom is 0.246 e. The molecule has 0 aromatic carbocycles. The minimum atomic E-state index is 0.00628. The molecule has 8 heteroatoms. The molecule has 0 bridgehead atoms. The largest absolute Gasteiger partial charge is 0.473 e. The molecule has 0 N–H and O–H groups in total. The number of amides is 1. The van der Waals surface area contributed by atoms with E-state index in [-0.39, 0.29) is 18.1 Å². The summed E-state index contributed by atoms with van der Waals surface area (Å²) >= 11 is 0. The van der Waals surface area contributed by atoms with Crippen LogP contribution in [0.15, 0.2) is 43.5 Å². The summed E-state index contributed by atoms with van der Waals surface area (Å²) in [4.78, 5) is 18.5. The van der Waals surface area contributed by atoms with Crippen LogP contribution in [0.4, 0.5) is 0 Å². The lowest BCUT2D eigenvalue weighted by atomic mass is 9.92. The van der Waals surface area contributed by atoms with Gasteiger partial charge in [0.2, 0.25) is 11.8 Å². The highest BCUT2D eigenvalue weighted by atomic mass is 16.5. The van der Waals surface area contributed by atoms with Crippen LogP contribution in [0.25, 0.3) is 16.8 Å². The molecule has 0 unspecified atom stereocenters. The molecule has 4 heterocycles. The van der Waals surface area contributed by atoms with Crippen molar-refractivity contribution in [2.24, 2.45) is 13.0 Å². The second-order valence-electron chi connectivity index (χ2n) is 7.23. The Labute approximate surface area is 156 Å². The van der Waals surface area contributed by atoms with Crippen LogP contribution in [0.5, 0.6) is 5.88 Å². The van der Waals surface area contributed by atoms with E-state index in [9.17, 15) is 4.79 Å². The van der Waals surface area contributed by atoms with Gasteiger partial charge in [0.15, 0.2) is 0 Å². The highest BCUT2D eigenvalue weighted by Crippen LogP contribution is 2.41. The lowest BCUT2D eigenvalue weighted by molar-refractivity contribution is -0.136. The van der Waals surface area contributed by atoms with Gasteiger partial charge in [-0.15, -0.1) is 0 Å². The maximum absolute atomic E-state index is 11.9. The van der Waals surface area contributed by atoms with E-state index in [0.717, 1.165) is 36.2 Å². The van der Waals surface area contributed by atoms with Gasteiger partial charge in [-0.3, -0.25) is 9.48 Å². The van der Waals surface area contributed by atoms with Crippen LogP contribution in [-0.4, -0.2) is 53.9 Å². The third-order valence-electron chi connectivity index (χ3n) is 5.54. The highest BCUT2D eigenvalue weighted by Gasteiger charge is 2.48. The molecule has 1 saturated carbocycles. The first-order valence-corrected chi connectivity index (χ1v) is 9.05. The minimum absolute atomic E-state index is 0.00628. The monoisotopic (exact) mass is 364 g/mol. The number of aromatic nitrogens is 5. The van der Waals surface area contributed by atoms with Crippen molar-refractivity contribution in [3.8, 4) is 17.1 Å². The van der Waals surface area contributed by atoms with E-state index in [1.54, 1.807) is 21.6 Å². The molecule has 3 atom stereocenters. The van der Waals surface area contributed by atoms with Crippen molar-refractivity contribution in [1.29, 1.82) is 0 Å². The van der Waals surface area contributed by atoms with Gasteiger partial charge >= 0.3 is 0 Å². The Bertz CT molecular complexity index is 1040. The van der Waals surface area contributed by atoms with Crippen molar-refractivity contribution in [2.45, 2.75) is 25.0 Å². The highest BCUT2D eigenvalue weighted by molar-refractivity contribution is 5.88. The zero-order valence-corrected chi connectivity index (χ0v) is 15.0. The lowest BCUT2D eigenvalue weighted by Gasteiger charge is -2.43. The molecule has 5 rings (SSSR count). The number of hydrogen-bond donors (Lipinski definition) is 0. The first-order chi connectivity index (χ1) is 13.1. The summed E-state index contributed by atoms with van der Waals surface area (Å²) in [6.45, 7) is 4.38. The van der Waals surface area contributed by atoms with Gasteiger partial charge in [-0.25, -0.2) is 9.50 Å². The normalized spacial score (nSPS) is 23.9. The predicted octanol–water partition coefficient (Wildman–Crippen LogP) is 1.68. The number of likely N-dealkylation sites (tertiary alicyclic amines) is 1. The van der Waals surface area contributed by atoms with Crippen molar-refractivity contribution >= 4 is 11.4 Å². The fourth-order valence-corrected chi connectivity index (χ4v) is 4.18. The smallest absolute Gasteiger partial charge is 0.246 e. The Morgan fingerprint density at radius 3 is 3.00 bits per heavy atom. The average molecular weight is 364 g/mol. The molecule has 1 saturated heterocycles. The van der Waals surface area contributed by atoms with E-state index in [2.05, 4.69) is 16.8 Å². The molecular weight excluding hydrogens is 344 g/mol. The van der Waals surface area contributed by atoms with E-state index in [0.29, 0.717) is 11.8 Å². The SMILES string of the molecule is C=CC(=O)N1C[C@@H]2C[C@@H](Oc3nc(-c4cnn(C)c4)cn4nccc34)C[C@@H]21. The van der Waals surface area contributed by atoms with E-state index in [1.165, 1.54) is 6.08 Å². The fourth-order valence-electron chi connectivity index (χ4n) is 4.18. The molecular formula is C19H20N6O2. The Balaban J connectivity index is 1.41. The summed E-state index contributed by atoms with van der Waals surface area (Å²) in [5.41, 5.74) is 2.51. The Morgan fingerprint density at radius 2 is 2.22 bits per heavy atom. The first-order valence-electron chi connectivity index (χ1n) is 9.05. The zero-order valence-electron chi connectivity index (χ0n) is 15.0. The Kier molecular flexibility index (Phi) is 3.53. The van der Waals surface area contributed by atoms with Gasteiger partial charge < -0.3 is 9.64 Å². The molecule has 0 radical (unpaired) electrons. The number of carbonyl (C=O) groups excluding carboxylic acids is 1. The van der Waals surface area contributed by atoms with Crippen LogP contribution < -0.4 is 4.74 Å². The van der Waals surface area contributed by atoms with Crippen LogP contribution in [0.1, 0.15) is 12.8 Å². The molecule has 27 heavy (non-hydrogen) atoms. The summed E-state index contributed by atoms with van der Waals surface area (Å²) in [6.07, 6.45) is 10.5. The van der Waals surface area contributed by atoms with Crippen LogP contribution >= 0.6 is 0 Å². The van der Waals surface area contributed by atoms with Crippen molar-refractivity contribution in [3.63, 3.8) is 0 Å².